The van der Waals surface area contributed by atoms with Crippen LogP contribution >= 0.6 is 0 Å². The third-order valence-electron chi connectivity index (χ3n) is 5.84. The molecule has 0 aliphatic rings. The minimum atomic E-state index is -1.25. The molecular formula is C29H29NO2S. The van der Waals surface area contributed by atoms with Crippen molar-refractivity contribution in [1.29, 1.82) is 0 Å². The van der Waals surface area contributed by atoms with E-state index in [1.807, 2.05) is 66.7 Å². The van der Waals surface area contributed by atoms with Crippen LogP contribution in [0.15, 0.2) is 115 Å². The summed E-state index contributed by atoms with van der Waals surface area (Å²) in [6.45, 7) is 0. The fourth-order valence-electron chi connectivity index (χ4n) is 4.16. The van der Waals surface area contributed by atoms with Crippen LogP contribution in [0.5, 0.6) is 5.75 Å². The summed E-state index contributed by atoms with van der Waals surface area (Å²) in [7, 11) is 0.424. The topological polar surface area (TPSA) is 38.3 Å². The molecule has 0 aliphatic heterocycles. The molecule has 4 aromatic carbocycles. The highest BCUT2D eigenvalue weighted by atomic mass is 32.2. The van der Waals surface area contributed by atoms with Crippen LogP contribution in [0.3, 0.4) is 0 Å². The van der Waals surface area contributed by atoms with Crippen molar-refractivity contribution in [2.24, 2.45) is 0 Å². The average molecular weight is 456 g/mol. The molecule has 1 atom stereocenters. The number of aryl methyl sites for hydroxylation is 1. The summed E-state index contributed by atoms with van der Waals surface area (Å²) >= 11 is 0. The predicted octanol–water partition coefficient (Wildman–Crippen LogP) is 5.87. The second kappa shape index (κ2) is 11.1. The zero-order chi connectivity index (χ0) is 22.9. The smallest absolute Gasteiger partial charge is 0.118 e. The van der Waals surface area contributed by atoms with Gasteiger partial charge in [0, 0.05) is 5.75 Å². The van der Waals surface area contributed by atoms with Gasteiger partial charge in [0.25, 0.3) is 0 Å². The lowest BCUT2D eigenvalue weighted by Gasteiger charge is -2.36. The molecule has 0 aliphatic carbocycles. The molecule has 0 bridgehead atoms. The van der Waals surface area contributed by atoms with Gasteiger partial charge in [0.05, 0.1) is 18.1 Å². The monoisotopic (exact) mass is 455 g/mol. The number of nitrogens with one attached hydrogen (secondary N) is 1. The number of hydrogen-bond donors (Lipinski definition) is 1. The largest absolute Gasteiger partial charge is 0.497 e. The second-order valence-corrected chi connectivity index (χ2v) is 9.25. The summed E-state index contributed by atoms with van der Waals surface area (Å²) < 4.78 is 22.2. The van der Waals surface area contributed by atoms with E-state index in [2.05, 4.69) is 53.3 Å². The zero-order valence-electron chi connectivity index (χ0n) is 18.8. The summed E-state index contributed by atoms with van der Waals surface area (Å²) in [6.07, 6.45) is 1.69. The Hall–Kier alpha value is -3.21. The summed E-state index contributed by atoms with van der Waals surface area (Å²) in [4.78, 5) is 0. The molecule has 1 unspecified atom stereocenters. The zero-order valence-corrected chi connectivity index (χ0v) is 19.6. The van der Waals surface area contributed by atoms with Crippen LogP contribution in [-0.2, 0) is 22.9 Å². The van der Waals surface area contributed by atoms with Crippen molar-refractivity contribution in [2.45, 2.75) is 18.4 Å². The van der Waals surface area contributed by atoms with Crippen LogP contribution in [0.4, 0.5) is 0 Å². The van der Waals surface area contributed by atoms with E-state index in [1.165, 1.54) is 5.56 Å². The van der Waals surface area contributed by atoms with Gasteiger partial charge in [-0.3, -0.25) is 0 Å². The van der Waals surface area contributed by atoms with Gasteiger partial charge >= 0.3 is 0 Å². The maximum absolute atomic E-state index is 13.4. The Morgan fingerprint density at radius 2 is 1.15 bits per heavy atom. The molecule has 0 saturated carbocycles. The molecule has 3 nitrogen and oxygen atoms in total. The van der Waals surface area contributed by atoms with Crippen molar-refractivity contribution < 1.29 is 8.95 Å². The average Bonchev–Trinajstić information content (AvgIpc) is 2.89. The maximum Gasteiger partial charge on any atom is 0.118 e. The van der Waals surface area contributed by atoms with Crippen molar-refractivity contribution >= 4 is 11.0 Å². The molecule has 0 saturated heterocycles. The molecule has 4 rings (SSSR count). The van der Waals surface area contributed by atoms with Gasteiger partial charge in [0.1, 0.15) is 11.3 Å². The van der Waals surface area contributed by atoms with Crippen LogP contribution in [0.1, 0.15) is 28.7 Å². The van der Waals surface area contributed by atoms with Crippen LogP contribution in [-0.4, -0.2) is 17.1 Å². The Morgan fingerprint density at radius 1 is 0.697 bits per heavy atom. The third kappa shape index (κ3) is 5.41. The summed E-state index contributed by atoms with van der Waals surface area (Å²) in [5, 5.41) is 0. The first kappa shape index (κ1) is 23.0. The van der Waals surface area contributed by atoms with Gasteiger partial charge in [0.2, 0.25) is 0 Å². The normalized spacial score (nSPS) is 12.3. The summed E-state index contributed by atoms with van der Waals surface area (Å²) in [5.41, 5.74) is 3.69. The highest BCUT2D eigenvalue weighted by Gasteiger charge is 2.37. The van der Waals surface area contributed by atoms with Gasteiger partial charge in [-0.25, -0.2) is 8.93 Å². The van der Waals surface area contributed by atoms with Crippen molar-refractivity contribution in [3.63, 3.8) is 0 Å². The quantitative estimate of drug-likeness (QED) is 0.304. The van der Waals surface area contributed by atoms with E-state index in [0.717, 1.165) is 35.3 Å². The standard InChI is InChI=1S/C29H29NO2S/c1-32-28-21-19-24(20-22-28)12-11-23-33(31)30-29(25-13-5-2-6-14-25,26-15-7-3-8-16-26)27-17-9-4-10-18-27/h2-10,13-22,30H,11-12,23H2,1H3. The Morgan fingerprint density at radius 3 is 1.58 bits per heavy atom. The Kier molecular flexibility index (Phi) is 7.71. The van der Waals surface area contributed by atoms with Crippen LogP contribution in [0.25, 0.3) is 0 Å². The van der Waals surface area contributed by atoms with Crippen LogP contribution in [0.2, 0.25) is 0 Å². The molecule has 0 radical (unpaired) electrons. The molecule has 0 fully saturated rings. The van der Waals surface area contributed by atoms with E-state index in [0.29, 0.717) is 5.75 Å². The van der Waals surface area contributed by atoms with Crippen LogP contribution in [0, 0.1) is 0 Å². The van der Waals surface area contributed by atoms with Crippen molar-refractivity contribution in [1.82, 2.24) is 4.72 Å². The summed E-state index contributed by atoms with van der Waals surface area (Å²) in [6, 6.07) is 38.9. The fraction of sp³-hybridized carbons (Fsp3) is 0.172. The van der Waals surface area contributed by atoms with Gasteiger partial charge < -0.3 is 4.74 Å². The first-order chi connectivity index (χ1) is 16.2. The molecule has 0 amide bonds. The SMILES string of the molecule is COc1ccc(CCCS(=O)NC(c2ccccc2)(c2ccccc2)c2ccccc2)cc1. The first-order valence-corrected chi connectivity index (χ1v) is 12.5. The molecule has 0 heterocycles. The molecule has 4 aromatic rings. The van der Waals surface area contributed by atoms with E-state index in [1.54, 1.807) is 7.11 Å². The molecule has 33 heavy (non-hydrogen) atoms. The number of ether oxygens (including phenoxy) is 1. The minimum Gasteiger partial charge on any atom is -0.497 e. The molecule has 4 heteroatoms. The van der Waals surface area contributed by atoms with E-state index in [-0.39, 0.29) is 0 Å². The maximum atomic E-state index is 13.4. The van der Waals surface area contributed by atoms with Crippen LogP contribution < -0.4 is 9.46 Å². The van der Waals surface area contributed by atoms with Crippen molar-refractivity contribution in [3.8, 4) is 5.75 Å². The second-order valence-electron chi connectivity index (χ2n) is 7.95. The van der Waals surface area contributed by atoms with Gasteiger partial charge in [-0.15, -0.1) is 0 Å². The number of hydrogen-bond acceptors (Lipinski definition) is 2. The van der Waals surface area contributed by atoms with Gasteiger partial charge in [-0.1, -0.05) is 103 Å². The predicted molar refractivity (Wildman–Crippen MR) is 137 cm³/mol. The van der Waals surface area contributed by atoms with Gasteiger partial charge in [-0.2, -0.15) is 0 Å². The van der Waals surface area contributed by atoms with E-state index in [4.69, 9.17) is 4.74 Å². The lowest BCUT2D eigenvalue weighted by Crippen LogP contribution is -2.46. The fourth-order valence-corrected chi connectivity index (χ4v) is 5.37. The number of rotatable bonds is 10. The highest BCUT2D eigenvalue weighted by Crippen LogP contribution is 2.37. The Labute approximate surface area is 199 Å². The first-order valence-electron chi connectivity index (χ1n) is 11.2. The van der Waals surface area contributed by atoms with E-state index >= 15 is 0 Å². The van der Waals surface area contributed by atoms with E-state index in [9.17, 15) is 4.21 Å². The van der Waals surface area contributed by atoms with E-state index < -0.39 is 16.5 Å². The molecular weight excluding hydrogens is 426 g/mol. The van der Waals surface area contributed by atoms with Gasteiger partial charge in [0.15, 0.2) is 0 Å². The third-order valence-corrected chi connectivity index (χ3v) is 7.03. The lowest BCUT2D eigenvalue weighted by atomic mass is 9.78. The Balaban J connectivity index is 1.61. The molecule has 0 spiro atoms. The molecule has 168 valence electrons. The van der Waals surface area contributed by atoms with Crippen molar-refractivity contribution in [3.05, 3.63) is 138 Å². The molecule has 1 N–H and O–H groups in total. The van der Waals surface area contributed by atoms with Gasteiger partial charge in [-0.05, 0) is 47.2 Å². The number of benzene rings is 4. The minimum absolute atomic E-state index is 0.556. The highest BCUT2D eigenvalue weighted by molar-refractivity contribution is 7.83. The summed E-state index contributed by atoms with van der Waals surface area (Å²) in [5.74, 6) is 1.41. The molecule has 0 aromatic heterocycles. The Bertz CT molecular complexity index is 1050. The lowest BCUT2D eigenvalue weighted by molar-refractivity contribution is 0.414. The van der Waals surface area contributed by atoms with Crippen molar-refractivity contribution in [2.75, 3.05) is 12.9 Å². The number of methoxy groups -OCH3 is 1.